The van der Waals surface area contributed by atoms with Crippen molar-refractivity contribution >= 4 is 15.9 Å². The average molecular weight is 272 g/mol. The van der Waals surface area contributed by atoms with E-state index in [1.54, 1.807) is 0 Å². The molecule has 1 aliphatic rings. The molecule has 2 unspecified atom stereocenters. The van der Waals surface area contributed by atoms with Gasteiger partial charge in [0, 0.05) is 18.5 Å². The minimum absolute atomic E-state index is 0.371. The predicted octanol–water partition coefficient (Wildman–Crippen LogP) is 2.65. The van der Waals surface area contributed by atoms with Crippen LogP contribution in [0, 0.1) is 0 Å². The van der Waals surface area contributed by atoms with Crippen LogP contribution in [-0.2, 0) is 6.54 Å². The van der Waals surface area contributed by atoms with Gasteiger partial charge in [-0.3, -0.25) is 4.68 Å². The van der Waals surface area contributed by atoms with Gasteiger partial charge in [0.2, 0.25) is 0 Å². The molecule has 0 radical (unpaired) electrons. The quantitative estimate of drug-likeness (QED) is 0.899. The summed E-state index contributed by atoms with van der Waals surface area (Å²) in [7, 11) is 0. The molecular weight excluding hydrogens is 254 g/mol. The highest BCUT2D eigenvalue weighted by molar-refractivity contribution is 9.10. The molecule has 0 spiro atoms. The van der Waals surface area contributed by atoms with Crippen molar-refractivity contribution in [3.63, 3.8) is 0 Å². The average Bonchev–Trinajstić information content (AvgIpc) is 2.59. The summed E-state index contributed by atoms with van der Waals surface area (Å²) >= 11 is 3.59. The first-order chi connectivity index (χ1) is 7.22. The lowest BCUT2D eigenvalue weighted by molar-refractivity contribution is 0.375. The number of rotatable bonds is 2. The molecule has 0 saturated heterocycles. The summed E-state index contributed by atoms with van der Waals surface area (Å²) in [6, 6.07) is 0.371. The van der Waals surface area contributed by atoms with Crippen LogP contribution in [0.15, 0.2) is 10.7 Å². The van der Waals surface area contributed by atoms with Crippen LogP contribution >= 0.6 is 15.9 Å². The minimum atomic E-state index is 0.371. The molecule has 1 aromatic heterocycles. The molecule has 84 valence electrons. The molecule has 1 saturated carbocycles. The monoisotopic (exact) mass is 271 g/mol. The predicted molar refractivity (Wildman–Crippen MR) is 64.8 cm³/mol. The highest BCUT2D eigenvalue weighted by Gasteiger charge is 2.25. The fraction of sp³-hybridized carbons (Fsp3) is 0.727. The molecule has 1 aliphatic carbocycles. The number of hydrogen-bond donors (Lipinski definition) is 1. The van der Waals surface area contributed by atoms with E-state index in [4.69, 9.17) is 5.73 Å². The second-order valence-electron chi connectivity index (χ2n) is 4.32. The van der Waals surface area contributed by atoms with Crippen molar-refractivity contribution in [2.75, 3.05) is 0 Å². The van der Waals surface area contributed by atoms with Gasteiger partial charge in [0.25, 0.3) is 0 Å². The summed E-state index contributed by atoms with van der Waals surface area (Å²) in [4.78, 5) is 0. The molecule has 15 heavy (non-hydrogen) atoms. The first-order valence-corrected chi connectivity index (χ1v) is 6.48. The van der Waals surface area contributed by atoms with E-state index in [-0.39, 0.29) is 0 Å². The van der Waals surface area contributed by atoms with Gasteiger partial charge in [0.1, 0.15) is 0 Å². The topological polar surface area (TPSA) is 43.8 Å². The van der Waals surface area contributed by atoms with E-state index in [1.807, 2.05) is 6.20 Å². The van der Waals surface area contributed by atoms with Crippen LogP contribution in [0.25, 0.3) is 0 Å². The van der Waals surface area contributed by atoms with Crippen molar-refractivity contribution in [2.24, 2.45) is 5.73 Å². The maximum Gasteiger partial charge on any atom is 0.0635 e. The van der Waals surface area contributed by atoms with Crippen molar-refractivity contribution in [3.05, 3.63) is 16.4 Å². The van der Waals surface area contributed by atoms with Crippen molar-refractivity contribution in [1.29, 1.82) is 0 Å². The number of aryl methyl sites for hydroxylation is 1. The SMILES string of the molecule is CCn1ncc(Br)c1C1CCCC(N)C1. The number of aromatic nitrogens is 2. The Morgan fingerprint density at radius 2 is 2.40 bits per heavy atom. The fourth-order valence-electron chi connectivity index (χ4n) is 2.51. The summed E-state index contributed by atoms with van der Waals surface area (Å²) in [5.74, 6) is 0.588. The van der Waals surface area contributed by atoms with Gasteiger partial charge in [0.05, 0.1) is 16.4 Å². The summed E-state index contributed by atoms with van der Waals surface area (Å²) in [5.41, 5.74) is 7.37. The zero-order valence-corrected chi connectivity index (χ0v) is 10.7. The maximum atomic E-state index is 6.03. The first-order valence-electron chi connectivity index (χ1n) is 5.69. The van der Waals surface area contributed by atoms with Gasteiger partial charge in [-0.1, -0.05) is 6.42 Å². The van der Waals surface area contributed by atoms with Crippen molar-refractivity contribution in [1.82, 2.24) is 9.78 Å². The smallest absolute Gasteiger partial charge is 0.0635 e. The van der Waals surface area contributed by atoms with Gasteiger partial charge >= 0.3 is 0 Å². The lowest BCUT2D eigenvalue weighted by Gasteiger charge is -2.27. The molecule has 1 aromatic rings. The zero-order valence-electron chi connectivity index (χ0n) is 9.12. The molecule has 1 fully saturated rings. The number of nitrogens with zero attached hydrogens (tertiary/aromatic N) is 2. The molecule has 0 aliphatic heterocycles. The number of hydrogen-bond acceptors (Lipinski definition) is 2. The van der Waals surface area contributed by atoms with Gasteiger partial charge in [-0.2, -0.15) is 5.10 Å². The van der Waals surface area contributed by atoms with Gasteiger partial charge in [0.15, 0.2) is 0 Å². The third-order valence-electron chi connectivity index (χ3n) is 3.23. The third-order valence-corrected chi connectivity index (χ3v) is 3.85. The number of nitrogens with two attached hydrogens (primary N) is 1. The van der Waals surface area contributed by atoms with Crippen molar-refractivity contribution in [3.8, 4) is 0 Å². The Morgan fingerprint density at radius 3 is 3.07 bits per heavy atom. The van der Waals surface area contributed by atoms with E-state index >= 15 is 0 Å². The van der Waals surface area contributed by atoms with Crippen LogP contribution in [-0.4, -0.2) is 15.8 Å². The van der Waals surface area contributed by atoms with Crippen LogP contribution in [0.2, 0.25) is 0 Å². The fourth-order valence-corrected chi connectivity index (χ4v) is 3.13. The molecular formula is C11H18BrN3. The van der Waals surface area contributed by atoms with Crippen LogP contribution in [0.5, 0.6) is 0 Å². The Morgan fingerprint density at radius 1 is 1.60 bits per heavy atom. The molecule has 0 aromatic carbocycles. The van der Waals surface area contributed by atoms with E-state index in [0.717, 1.165) is 17.4 Å². The zero-order chi connectivity index (χ0) is 10.8. The highest BCUT2D eigenvalue weighted by atomic mass is 79.9. The van der Waals surface area contributed by atoms with Gasteiger partial charge in [-0.15, -0.1) is 0 Å². The third kappa shape index (κ3) is 2.26. The molecule has 4 heteroatoms. The van der Waals surface area contributed by atoms with E-state index < -0.39 is 0 Å². The Kier molecular flexibility index (Phi) is 3.46. The largest absolute Gasteiger partial charge is 0.328 e. The van der Waals surface area contributed by atoms with E-state index in [1.165, 1.54) is 25.0 Å². The molecule has 3 nitrogen and oxygen atoms in total. The highest BCUT2D eigenvalue weighted by Crippen LogP contribution is 2.35. The Hall–Kier alpha value is -0.350. The lowest BCUT2D eigenvalue weighted by atomic mass is 9.84. The maximum absolute atomic E-state index is 6.03. The van der Waals surface area contributed by atoms with E-state index in [2.05, 4.69) is 32.6 Å². The van der Waals surface area contributed by atoms with Gasteiger partial charge < -0.3 is 5.73 Å². The van der Waals surface area contributed by atoms with E-state index in [9.17, 15) is 0 Å². The molecule has 1 heterocycles. The van der Waals surface area contributed by atoms with Crippen molar-refractivity contribution in [2.45, 2.75) is 51.1 Å². The second kappa shape index (κ2) is 4.66. The van der Waals surface area contributed by atoms with Crippen LogP contribution in [0.3, 0.4) is 0 Å². The van der Waals surface area contributed by atoms with Gasteiger partial charge in [-0.25, -0.2) is 0 Å². The molecule has 0 amide bonds. The second-order valence-corrected chi connectivity index (χ2v) is 5.17. The molecule has 2 rings (SSSR count). The van der Waals surface area contributed by atoms with Crippen molar-refractivity contribution < 1.29 is 0 Å². The standard InChI is InChI=1S/C11H18BrN3/c1-2-15-11(10(12)7-14-15)8-4-3-5-9(13)6-8/h7-9H,2-6,13H2,1H3. The molecule has 2 atom stereocenters. The Labute approximate surface area is 99.2 Å². The summed E-state index contributed by atoms with van der Waals surface area (Å²) in [6.07, 6.45) is 6.67. The molecule has 2 N–H and O–H groups in total. The first kappa shape index (κ1) is 11.1. The number of halogens is 1. The van der Waals surface area contributed by atoms with Gasteiger partial charge in [-0.05, 0) is 42.1 Å². The summed E-state index contributed by atoms with van der Waals surface area (Å²) in [5, 5.41) is 4.36. The summed E-state index contributed by atoms with van der Waals surface area (Å²) < 4.78 is 3.23. The minimum Gasteiger partial charge on any atom is -0.328 e. The lowest BCUT2D eigenvalue weighted by Crippen LogP contribution is -2.28. The normalized spacial score (nSPS) is 26.9. The summed E-state index contributed by atoms with van der Waals surface area (Å²) in [6.45, 7) is 3.07. The van der Waals surface area contributed by atoms with E-state index in [0.29, 0.717) is 12.0 Å². The van der Waals surface area contributed by atoms with Crippen LogP contribution < -0.4 is 5.73 Å². The van der Waals surface area contributed by atoms with Crippen LogP contribution in [0.1, 0.15) is 44.2 Å². The van der Waals surface area contributed by atoms with Crippen LogP contribution in [0.4, 0.5) is 0 Å². The molecule has 0 bridgehead atoms. The Balaban J connectivity index is 2.23. The Bertz CT molecular complexity index is 335.